The van der Waals surface area contributed by atoms with E-state index in [1.165, 1.54) is 4.74 Å². The van der Waals surface area contributed by atoms with Crippen molar-refractivity contribution in [2.75, 3.05) is 0 Å². The Morgan fingerprint density at radius 2 is 2.00 bits per heavy atom. The molecule has 0 spiro atoms. The molecule has 0 atom stereocenters. The standard InChI is InChI=1S/C11H20NO/c1-6-8-10(7-2)9-12(13)11(3,4)5/h6,8-9,13H,1,7H2,2-5H3/q+1. The maximum absolute atomic E-state index is 9.62. The van der Waals surface area contributed by atoms with Crippen LogP contribution in [0.4, 0.5) is 0 Å². The molecule has 0 rings (SSSR count). The second-order valence-electron chi connectivity index (χ2n) is 3.98. The Hall–Kier alpha value is -1.05. The highest BCUT2D eigenvalue weighted by Crippen LogP contribution is 2.05. The Labute approximate surface area is 80.9 Å². The van der Waals surface area contributed by atoms with Gasteiger partial charge in [-0.1, -0.05) is 25.7 Å². The minimum absolute atomic E-state index is 0.255. The first-order valence-electron chi connectivity index (χ1n) is 4.56. The maximum atomic E-state index is 9.62. The fourth-order valence-electron chi connectivity index (χ4n) is 0.754. The molecule has 0 aromatic carbocycles. The summed E-state index contributed by atoms with van der Waals surface area (Å²) in [5.74, 6) is 0. The largest absolute Gasteiger partial charge is 0.290 e. The molecule has 0 aliphatic carbocycles. The molecule has 0 fully saturated rings. The van der Waals surface area contributed by atoms with Gasteiger partial charge in [-0.3, -0.25) is 5.21 Å². The highest BCUT2D eigenvalue weighted by molar-refractivity contribution is 5.74. The summed E-state index contributed by atoms with van der Waals surface area (Å²) in [4.78, 5) is 0. The van der Waals surface area contributed by atoms with Crippen LogP contribution in [-0.4, -0.2) is 21.7 Å². The number of hydrogen-bond donors (Lipinski definition) is 1. The molecule has 0 aromatic rings. The molecule has 2 heteroatoms. The third-order valence-electron chi connectivity index (χ3n) is 1.72. The van der Waals surface area contributed by atoms with Crippen LogP contribution in [0.15, 0.2) is 24.3 Å². The van der Waals surface area contributed by atoms with E-state index in [9.17, 15) is 5.21 Å². The molecule has 13 heavy (non-hydrogen) atoms. The maximum Gasteiger partial charge on any atom is 0.219 e. The van der Waals surface area contributed by atoms with Crippen molar-refractivity contribution in [3.05, 3.63) is 24.3 Å². The van der Waals surface area contributed by atoms with Gasteiger partial charge in [-0.25, -0.2) is 0 Å². The summed E-state index contributed by atoms with van der Waals surface area (Å²) in [6.07, 6.45) is 6.25. The fourth-order valence-corrected chi connectivity index (χ4v) is 0.754. The topological polar surface area (TPSA) is 23.2 Å². The Morgan fingerprint density at radius 3 is 2.31 bits per heavy atom. The zero-order chi connectivity index (χ0) is 10.5. The van der Waals surface area contributed by atoms with Crippen molar-refractivity contribution in [2.24, 2.45) is 0 Å². The van der Waals surface area contributed by atoms with Gasteiger partial charge in [-0.15, -0.1) is 0 Å². The zero-order valence-electron chi connectivity index (χ0n) is 9.04. The number of nitrogens with zero attached hydrogens (tertiary/aromatic N) is 1. The van der Waals surface area contributed by atoms with Crippen LogP contribution in [0, 0.1) is 0 Å². The molecular formula is C11H20NO+. The van der Waals surface area contributed by atoms with Crippen LogP contribution in [0.3, 0.4) is 0 Å². The lowest BCUT2D eigenvalue weighted by atomic mass is 10.1. The van der Waals surface area contributed by atoms with E-state index >= 15 is 0 Å². The van der Waals surface area contributed by atoms with Crippen molar-refractivity contribution < 1.29 is 9.95 Å². The van der Waals surface area contributed by atoms with E-state index in [0.717, 1.165) is 12.0 Å². The first-order chi connectivity index (χ1) is 5.91. The fraction of sp³-hybridized carbons (Fsp3) is 0.545. The first-order valence-corrected chi connectivity index (χ1v) is 4.56. The SMILES string of the molecule is C=CC=C(C=[N+](O)C(C)(C)C)CC. The highest BCUT2D eigenvalue weighted by Gasteiger charge is 2.24. The summed E-state index contributed by atoms with van der Waals surface area (Å²) in [7, 11) is 0. The number of hydrogen-bond acceptors (Lipinski definition) is 1. The Morgan fingerprint density at radius 1 is 1.46 bits per heavy atom. The molecule has 0 amide bonds. The predicted molar refractivity (Wildman–Crippen MR) is 56.4 cm³/mol. The molecule has 74 valence electrons. The summed E-state index contributed by atoms with van der Waals surface area (Å²) >= 11 is 0. The van der Waals surface area contributed by atoms with Crippen LogP contribution in [0.25, 0.3) is 0 Å². The van der Waals surface area contributed by atoms with E-state index < -0.39 is 0 Å². The number of allylic oxidation sites excluding steroid dienone is 3. The second kappa shape index (κ2) is 4.85. The molecule has 0 aliphatic heterocycles. The van der Waals surface area contributed by atoms with Gasteiger partial charge in [-0.2, -0.15) is 0 Å². The van der Waals surface area contributed by atoms with Crippen LogP contribution in [0.1, 0.15) is 34.1 Å². The van der Waals surface area contributed by atoms with E-state index in [1.54, 1.807) is 12.3 Å². The van der Waals surface area contributed by atoms with Crippen LogP contribution in [0.5, 0.6) is 0 Å². The smallest absolute Gasteiger partial charge is 0.219 e. The summed E-state index contributed by atoms with van der Waals surface area (Å²) in [5, 5.41) is 9.62. The quantitative estimate of drug-likeness (QED) is 0.234. The molecule has 0 bridgehead atoms. The van der Waals surface area contributed by atoms with Gasteiger partial charge in [0, 0.05) is 26.3 Å². The van der Waals surface area contributed by atoms with E-state index in [4.69, 9.17) is 0 Å². The molecule has 0 saturated carbocycles. The van der Waals surface area contributed by atoms with Crippen molar-refractivity contribution in [1.29, 1.82) is 0 Å². The molecular weight excluding hydrogens is 162 g/mol. The van der Waals surface area contributed by atoms with Crippen molar-refractivity contribution >= 4 is 6.21 Å². The summed E-state index contributed by atoms with van der Waals surface area (Å²) in [5.41, 5.74) is 0.808. The lowest BCUT2D eigenvalue weighted by molar-refractivity contribution is -0.816. The van der Waals surface area contributed by atoms with Crippen LogP contribution < -0.4 is 0 Å². The van der Waals surface area contributed by atoms with Gasteiger partial charge in [0.1, 0.15) is 0 Å². The number of hydroxylamine groups is 1. The summed E-state index contributed by atoms with van der Waals surface area (Å²) in [6.45, 7) is 11.5. The van der Waals surface area contributed by atoms with Gasteiger partial charge in [0.2, 0.25) is 11.8 Å². The van der Waals surface area contributed by atoms with Crippen LogP contribution in [0.2, 0.25) is 0 Å². The summed E-state index contributed by atoms with van der Waals surface area (Å²) in [6, 6.07) is 0. The molecule has 0 aliphatic rings. The Balaban J connectivity index is 4.71. The molecule has 2 nitrogen and oxygen atoms in total. The van der Waals surface area contributed by atoms with Crippen molar-refractivity contribution in [3.8, 4) is 0 Å². The van der Waals surface area contributed by atoms with Crippen molar-refractivity contribution in [3.63, 3.8) is 0 Å². The van der Waals surface area contributed by atoms with E-state index in [0.29, 0.717) is 0 Å². The molecule has 0 aromatic heterocycles. The first kappa shape index (κ1) is 11.9. The normalized spacial score (nSPS) is 14.5. The lowest BCUT2D eigenvalue weighted by Crippen LogP contribution is -2.31. The average molecular weight is 182 g/mol. The predicted octanol–water partition coefficient (Wildman–Crippen LogP) is 2.78. The monoisotopic (exact) mass is 182 g/mol. The molecule has 0 radical (unpaired) electrons. The third-order valence-corrected chi connectivity index (χ3v) is 1.72. The Kier molecular flexibility index (Phi) is 4.46. The molecule has 0 heterocycles. The van der Waals surface area contributed by atoms with Crippen molar-refractivity contribution in [2.45, 2.75) is 39.7 Å². The van der Waals surface area contributed by atoms with Gasteiger partial charge in [-0.05, 0) is 11.2 Å². The van der Waals surface area contributed by atoms with Gasteiger partial charge in [0.05, 0.1) is 0 Å². The van der Waals surface area contributed by atoms with Crippen LogP contribution >= 0.6 is 0 Å². The van der Waals surface area contributed by atoms with E-state index in [2.05, 4.69) is 6.58 Å². The lowest BCUT2D eigenvalue weighted by Gasteiger charge is -2.09. The van der Waals surface area contributed by atoms with Crippen molar-refractivity contribution in [1.82, 2.24) is 0 Å². The minimum Gasteiger partial charge on any atom is -0.290 e. The van der Waals surface area contributed by atoms with E-state index in [-0.39, 0.29) is 5.54 Å². The van der Waals surface area contributed by atoms with Gasteiger partial charge in [0.25, 0.3) is 0 Å². The molecule has 1 N–H and O–H groups in total. The highest BCUT2D eigenvalue weighted by atomic mass is 16.5. The second-order valence-corrected chi connectivity index (χ2v) is 3.98. The van der Waals surface area contributed by atoms with Gasteiger partial charge in [0.15, 0.2) is 0 Å². The zero-order valence-corrected chi connectivity index (χ0v) is 9.04. The average Bonchev–Trinajstić information content (AvgIpc) is 2.01. The summed E-state index contributed by atoms with van der Waals surface area (Å²) < 4.78 is 1.23. The van der Waals surface area contributed by atoms with Gasteiger partial charge < -0.3 is 0 Å². The van der Waals surface area contributed by atoms with E-state index in [1.807, 2.05) is 33.8 Å². The number of rotatable bonds is 3. The Bertz CT molecular complexity index is 231. The van der Waals surface area contributed by atoms with Gasteiger partial charge >= 0.3 is 0 Å². The molecule has 0 saturated heterocycles. The third kappa shape index (κ3) is 4.51. The molecule has 0 unspecified atom stereocenters. The van der Waals surface area contributed by atoms with Crippen LogP contribution in [-0.2, 0) is 0 Å². The minimum atomic E-state index is -0.255.